The minimum absolute atomic E-state index is 0.221. The average Bonchev–Trinajstić information content (AvgIpc) is 2.28. The normalized spacial score (nSPS) is 12.2. The Morgan fingerprint density at radius 2 is 2.07 bits per heavy atom. The SMILES string of the molecule is [CH][C@@H](Cc1ccccc1)C(=O)N(C)OC. The molecule has 0 spiro atoms. The summed E-state index contributed by atoms with van der Waals surface area (Å²) in [4.78, 5) is 16.3. The standard InChI is InChI=1S/C12H15NO2/c1-10(12(14)13(2)15-3)9-11-7-5-4-6-8-11/h1,4-8,10H,9H2,2-3H3/t10-/m0/s1. The van der Waals surface area contributed by atoms with Gasteiger partial charge in [-0.1, -0.05) is 30.3 Å². The van der Waals surface area contributed by atoms with Gasteiger partial charge in [-0.15, -0.1) is 0 Å². The van der Waals surface area contributed by atoms with E-state index in [1.165, 1.54) is 7.11 Å². The Morgan fingerprint density at radius 1 is 1.47 bits per heavy atom. The minimum atomic E-state index is -0.558. The Bertz CT molecular complexity index is 311. The van der Waals surface area contributed by atoms with E-state index in [0.717, 1.165) is 10.6 Å². The molecule has 15 heavy (non-hydrogen) atoms. The number of benzene rings is 1. The van der Waals surface area contributed by atoms with E-state index in [0.29, 0.717) is 6.42 Å². The van der Waals surface area contributed by atoms with Crippen LogP contribution in [0.4, 0.5) is 0 Å². The Balaban J connectivity index is 2.56. The lowest BCUT2D eigenvalue weighted by atomic mass is 10.0. The van der Waals surface area contributed by atoms with Gasteiger partial charge in [-0.2, -0.15) is 0 Å². The van der Waals surface area contributed by atoms with E-state index in [1.807, 2.05) is 30.3 Å². The van der Waals surface area contributed by atoms with Gasteiger partial charge < -0.3 is 0 Å². The topological polar surface area (TPSA) is 29.5 Å². The van der Waals surface area contributed by atoms with Gasteiger partial charge in [0.2, 0.25) is 5.91 Å². The van der Waals surface area contributed by atoms with Crippen molar-refractivity contribution in [1.29, 1.82) is 0 Å². The van der Waals surface area contributed by atoms with Crippen LogP contribution in [0.2, 0.25) is 0 Å². The van der Waals surface area contributed by atoms with Gasteiger partial charge in [0.25, 0.3) is 0 Å². The third-order valence-corrected chi connectivity index (χ3v) is 2.20. The van der Waals surface area contributed by atoms with E-state index in [9.17, 15) is 4.79 Å². The van der Waals surface area contributed by atoms with Crippen molar-refractivity contribution < 1.29 is 9.63 Å². The zero-order valence-corrected chi connectivity index (χ0v) is 9.01. The van der Waals surface area contributed by atoms with Gasteiger partial charge in [0.1, 0.15) is 0 Å². The predicted octanol–water partition coefficient (Wildman–Crippen LogP) is 1.58. The van der Waals surface area contributed by atoms with Crippen molar-refractivity contribution >= 4 is 5.91 Å². The van der Waals surface area contributed by atoms with Gasteiger partial charge in [-0.25, -0.2) is 5.06 Å². The highest BCUT2D eigenvalue weighted by Crippen LogP contribution is 2.10. The lowest BCUT2D eigenvalue weighted by Gasteiger charge is -2.18. The molecule has 80 valence electrons. The number of hydrogen-bond donors (Lipinski definition) is 0. The maximum atomic E-state index is 11.6. The Hall–Kier alpha value is -1.35. The molecule has 0 aromatic heterocycles. The average molecular weight is 205 g/mol. The Morgan fingerprint density at radius 3 is 2.60 bits per heavy atom. The number of hydrogen-bond acceptors (Lipinski definition) is 2. The molecule has 0 N–H and O–H groups in total. The molecule has 0 aliphatic rings. The van der Waals surface area contributed by atoms with E-state index < -0.39 is 5.92 Å². The van der Waals surface area contributed by atoms with Gasteiger partial charge in [0.05, 0.1) is 7.11 Å². The molecule has 0 fully saturated rings. The van der Waals surface area contributed by atoms with Crippen molar-refractivity contribution in [3.05, 3.63) is 42.8 Å². The Labute approximate surface area is 90.6 Å². The van der Waals surface area contributed by atoms with Gasteiger partial charge in [-0.05, 0) is 18.9 Å². The fourth-order valence-corrected chi connectivity index (χ4v) is 1.28. The number of carbonyl (C=O) groups is 1. The molecular formula is C12H15NO2. The number of carbonyl (C=O) groups excluding carboxylic acids is 1. The quantitative estimate of drug-likeness (QED) is 0.698. The van der Waals surface area contributed by atoms with Crippen molar-refractivity contribution in [1.82, 2.24) is 5.06 Å². The molecule has 1 aromatic rings. The molecule has 1 rings (SSSR count). The molecular weight excluding hydrogens is 190 g/mol. The molecule has 3 nitrogen and oxygen atoms in total. The number of amides is 1. The first-order chi connectivity index (χ1) is 7.15. The highest BCUT2D eigenvalue weighted by atomic mass is 16.7. The van der Waals surface area contributed by atoms with Crippen molar-refractivity contribution in [2.75, 3.05) is 14.2 Å². The van der Waals surface area contributed by atoms with Crippen LogP contribution in [-0.4, -0.2) is 25.1 Å². The van der Waals surface area contributed by atoms with Crippen LogP contribution in [0.3, 0.4) is 0 Å². The summed E-state index contributed by atoms with van der Waals surface area (Å²) in [7, 11) is 2.99. The molecule has 0 unspecified atom stereocenters. The molecule has 1 atom stereocenters. The molecule has 3 heteroatoms. The summed E-state index contributed by atoms with van der Waals surface area (Å²) in [6.45, 7) is 5.75. The first kappa shape index (κ1) is 11.7. The highest BCUT2D eigenvalue weighted by molar-refractivity contribution is 5.78. The number of nitrogens with zero attached hydrogens (tertiary/aromatic N) is 1. The fraction of sp³-hybridized carbons (Fsp3) is 0.333. The summed E-state index contributed by atoms with van der Waals surface area (Å²) < 4.78 is 0. The van der Waals surface area contributed by atoms with E-state index in [-0.39, 0.29) is 5.91 Å². The molecule has 1 amide bonds. The lowest BCUT2D eigenvalue weighted by molar-refractivity contribution is -0.171. The van der Waals surface area contributed by atoms with Crippen LogP contribution in [0, 0.1) is 12.8 Å². The van der Waals surface area contributed by atoms with Crippen LogP contribution in [0.15, 0.2) is 30.3 Å². The largest absolute Gasteiger partial charge is 0.275 e. The molecule has 0 aliphatic heterocycles. The van der Waals surface area contributed by atoms with E-state index in [2.05, 4.69) is 0 Å². The van der Waals surface area contributed by atoms with Crippen LogP contribution in [0.1, 0.15) is 5.56 Å². The first-order valence-corrected chi connectivity index (χ1v) is 4.76. The summed E-state index contributed by atoms with van der Waals surface area (Å²) >= 11 is 0. The number of hydroxylamine groups is 2. The zero-order chi connectivity index (χ0) is 11.3. The second-order valence-electron chi connectivity index (χ2n) is 3.31. The zero-order valence-electron chi connectivity index (χ0n) is 9.01. The fourth-order valence-electron chi connectivity index (χ4n) is 1.28. The van der Waals surface area contributed by atoms with Gasteiger partial charge in [0.15, 0.2) is 0 Å². The maximum Gasteiger partial charge on any atom is 0.249 e. The third kappa shape index (κ3) is 3.36. The van der Waals surface area contributed by atoms with E-state index >= 15 is 0 Å². The van der Waals surface area contributed by atoms with Crippen LogP contribution in [0.5, 0.6) is 0 Å². The van der Waals surface area contributed by atoms with Crippen LogP contribution in [-0.2, 0) is 16.1 Å². The second kappa shape index (κ2) is 5.51. The molecule has 0 heterocycles. The highest BCUT2D eigenvalue weighted by Gasteiger charge is 2.17. The monoisotopic (exact) mass is 205 g/mol. The van der Waals surface area contributed by atoms with Crippen molar-refractivity contribution in [3.63, 3.8) is 0 Å². The summed E-state index contributed by atoms with van der Waals surface area (Å²) in [5, 5.41) is 1.15. The Kier molecular flexibility index (Phi) is 4.31. The molecule has 0 saturated heterocycles. The molecule has 0 aliphatic carbocycles. The molecule has 0 bridgehead atoms. The van der Waals surface area contributed by atoms with Crippen LogP contribution >= 0.6 is 0 Å². The first-order valence-electron chi connectivity index (χ1n) is 4.76. The second-order valence-corrected chi connectivity index (χ2v) is 3.31. The van der Waals surface area contributed by atoms with Crippen LogP contribution < -0.4 is 0 Å². The van der Waals surface area contributed by atoms with E-state index in [1.54, 1.807) is 7.05 Å². The van der Waals surface area contributed by atoms with Crippen molar-refractivity contribution in [2.24, 2.45) is 5.92 Å². The predicted molar refractivity (Wildman–Crippen MR) is 57.7 cm³/mol. The van der Waals surface area contributed by atoms with Gasteiger partial charge in [0, 0.05) is 13.0 Å². The molecule has 2 radical (unpaired) electrons. The smallest absolute Gasteiger partial charge is 0.249 e. The van der Waals surface area contributed by atoms with Gasteiger partial charge >= 0.3 is 0 Å². The summed E-state index contributed by atoms with van der Waals surface area (Å²) in [6, 6.07) is 9.66. The van der Waals surface area contributed by atoms with Gasteiger partial charge in [-0.3, -0.25) is 9.63 Å². The number of rotatable bonds is 4. The summed E-state index contributed by atoms with van der Waals surface area (Å²) in [5.74, 6) is -0.779. The molecule has 1 aromatic carbocycles. The minimum Gasteiger partial charge on any atom is -0.275 e. The maximum absolute atomic E-state index is 11.6. The van der Waals surface area contributed by atoms with E-state index in [4.69, 9.17) is 11.8 Å². The van der Waals surface area contributed by atoms with Crippen molar-refractivity contribution in [2.45, 2.75) is 6.42 Å². The lowest BCUT2D eigenvalue weighted by Crippen LogP contribution is -2.31. The van der Waals surface area contributed by atoms with Crippen molar-refractivity contribution in [3.8, 4) is 0 Å². The summed E-state index contributed by atoms with van der Waals surface area (Å²) in [6.07, 6.45) is 0.521. The van der Waals surface area contributed by atoms with Crippen LogP contribution in [0.25, 0.3) is 0 Å². The molecule has 0 saturated carbocycles. The third-order valence-electron chi connectivity index (χ3n) is 2.20. The summed E-state index contributed by atoms with van der Waals surface area (Å²) in [5.41, 5.74) is 1.04.